The average molecular weight is 339 g/mol. The molecular weight excluding hydrogens is 318 g/mol. The van der Waals surface area contributed by atoms with Crippen LogP contribution in [0.5, 0.6) is 0 Å². The first-order valence-electron chi connectivity index (χ1n) is 8.38. The van der Waals surface area contributed by atoms with Crippen LogP contribution < -0.4 is 10.2 Å². The van der Waals surface area contributed by atoms with Crippen molar-refractivity contribution in [3.05, 3.63) is 53.5 Å². The third kappa shape index (κ3) is 3.09. The van der Waals surface area contributed by atoms with Crippen molar-refractivity contribution in [2.24, 2.45) is 0 Å². The van der Waals surface area contributed by atoms with E-state index in [0.29, 0.717) is 0 Å². The van der Waals surface area contributed by atoms with E-state index in [1.807, 2.05) is 12.3 Å². The molecule has 24 heavy (non-hydrogen) atoms. The smallest absolute Gasteiger partial charge is 0.151 e. The fourth-order valence-corrected chi connectivity index (χ4v) is 4.19. The zero-order chi connectivity index (χ0) is 16.4. The van der Waals surface area contributed by atoms with Gasteiger partial charge in [-0.1, -0.05) is 18.2 Å². The van der Waals surface area contributed by atoms with Gasteiger partial charge < -0.3 is 15.3 Å². The molecule has 3 heterocycles. The van der Waals surface area contributed by atoms with E-state index in [0.717, 1.165) is 44.0 Å². The maximum Gasteiger partial charge on any atom is 0.151 e. The van der Waals surface area contributed by atoms with E-state index in [2.05, 4.69) is 50.9 Å². The largest absolute Gasteiger partial charge is 0.393 e. The second kappa shape index (κ2) is 6.79. The molecule has 5 heteroatoms. The summed E-state index contributed by atoms with van der Waals surface area (Å²) < 4.78 is 1.32. The van der Waals surface area contributed by atoms with Crippen LogP contribution in [0, 0.1) is 0 Å². The number of piperidine rings is 1. The average Bonchev–Trinajstić information content (AvgIpc) is 3.04. The molecule has 0 bridgehead atoms. The molecule has 1 saturated heterocycles. The molecular formula is C19H21N3OS. The lowest BCUT2D eigenvalue weighted by atomic mass is 10.1. The van der Waals surface area contributed by atoms with E-state index >= 15 is 0 Å². The van der Waals surface area contributed by atoms with Crippen LogP contribution in [0.2, 0.25) is 0 Å². The first-order valence-corrected chi connectivity index (χ1v) is 9.26. The van der Waals surface area contributed by atoms with Crippen molar-refractivity contribution in [3.8, 4) is 0 Å². The fraction of sp³-hybridized carbons (Fsp3) is 0.316. The lowest BCUT2D eigenvalue weighted by Crippen LogP contribution is -2.36. The van der Waals surface area contributed by atoms with Gasteiger partial charge in [-0.3, -0.25) is 0 Å². The minimum absolute atomic E-state index is 0.168. The van der Waals surface area contributed by atoms with Gasteiger partial charge in [0.05, 0.1) is 11.8 Å². The number of aliphatic hydroxyl groups is 1. The summed E-state index contributed by atoms with van der Waals surface area (Å²) >= 11 is 1.79. The highest BCUT2D eigenvalue weighted by atomic mass is 32.1. The lowest BCUT2D eigenvalue weighted by molar-refractivity contribution is 0.145. The number of thiophene rings is 1. The molecule has 0 aliphatic carbocycles. The van der Waals surface area contributed by atoms with Crippen LogP contribution in [0.25, 0.3) is 10.1 Å². The highest BCUT2D eigenvalue weighted by molar-refractivity contribution is 7.17. The molecule has 1 aliphatic rings. The number of rotatable bonds is 4. The Balaban J connectivity index is 1.52. The number of hydrogen-bond acceptors (Lipinski definition) is 5. The molecule has 1 aromatic carbocycles. The summed E-state index contributed by atoms with van der Waals surface area (Å²) in [6, 6.07) is 12.6. The maximum absolute atomic E-state index is 9.71. The molecule has 1 fully saturated rings. The molecule has 2 N–H and O–H groups in total. The Hall–Kier alpha value is -2.11. The Kier molecular flexibility index (Phi) is 4.36. The minimum Gasteiger partial charge on any atom is -0.393 e. The Bertz CT molecular complexity index is 824. The summed E-state index contributed by atoms with van der Waals surface area (Å²) in [5.74, 6) is 0.990. The second-order valence-electron chi connectivity index (χ2n) is 6.20. The lowest BCUT2D eigenvalue weighted by Gasteiger charge is -2.31. The van der Waals surface area contributed by atoms with Crippen molar-refractivity contribution >= 4 is 32.9 Å². The van der Waals surface area contributed by atoms with Gasteiger partial charge in [0.25, 0.3) is 0 Å². The number of pyridine rings is 1. The van der Waals surface area contributed by atoms with E-state index < -0.39 is 0 Å². The van der Waals surface area contributed by atoms with Crippen LogP contribution in [-0.2, 0) is 6.54 Å². The van der Waals surface area contributed by atoms with Gasteiger partial charge in [0.2, 0.25) is 0 Å². The summed E-state index contributed by atoms with van der Waals surface area (Å²) in [7, 11) is 0. The Morgan fingerprint density at radius 1 is 1.17 bits per heavy atom. The van der Waals surface area contributed by atoms with Gasteiger partial charge in [-0.25, -0.2) is 4.98 Å². The molecule has 0 saturated carbocycles. The van der Waals surface area contributed by atoms with Gasteiger partial charge in [0.1, 0.15) is 0 Å². The van der Waals surface area contributed by atoms with Crippen LogP contribution >= 0.6 is 11.3 Å². The van der Waals surface area contributed by atoms with E-state index in [-0.39, 0.29) is 6.10 Å². The summed E-state index contributed by atoms with van der Waals surface area (Å²) in [5, 5.41) is 16.8. The van der Waals surface area contributed by atoms with Crippen LogP contribution in [0.1, 0.15) is 18.4 Å². The van der Waals surface area contributed by atoms with Crippen molar-refractivity contribution in [2.75, 3.05) is 23.3 Å². The zero-order valence-electron chi connectivity index (χ0n) is 13.5. The van der Waals surface area contributed by atoms with Crippen molar-refractivity contribution in [1.29, 1.82) is 0 Å². The van der Waals surface area contributed by atoms with Crippen molar-refractivity contribution < 1.29 is 5.11 Å². The number of benzene rings is 1. The van der Waals surface area contributed by atoms with Gasteiger partial charge in [0.15, 0.2) is 5.82 Å². The maximum atomic E-state index is 9.71. The van der Waals surface area contributed by atoms with Gasteiger partial charge in [0, 0.05) is 30.5 Å². The SMILES string of the molecule is OC1CCN(c2ncccc2NCc2csc3ccccc23)CC1. The fourth-order valence-electron chi connectivity index (χ4n) is 3.22. The summed E-state index contributed by atoms with van der Waals surface area (Å²) in [6.07, 6.45) is 3.29. The van der Waals surface area contributed by atoms with Crippen LogP contribution in [0.4, 0.5) is 11.5 Å². The summed E-state index contributed by atoms with van der Waals surface area (Å²) in [6.45, 7) is 2.50. The molecule has 0 radical (unpaired) electrons. The molecule has 0 amide bonds. The number of anilines is 2. The number of hydrogen-bond donors (Lipinski definition) is 2. The van der Waals surface area contributed by atoms with Crippen molar-refractivity contribution in [2.45, 2.75) is 25.5 Å². The van der Waals surface area contributed by atoms with E-state index in [1.54, 1.807) is 11.3 Å². The molecule has 0 unspecified atom stereocenters. The third-order valence-corrected chi connectivity index (χ3v) is 5.59. The molecule has 2 aromatic heterocycles. The van der Waals surface area contributed by atoms with E-state index in [4.69, 9.17) is 0 Å². The predicted octanol–water partition coefficient (Wildman–Crippen LogP) is 3.87. The topological polar surface area (TPSA) is 48.4 Å². The predicted molar refractivity (Wildman–Crippen MR) is 101 cm³/mol. The standard InChI is InChI=1S/C19H21N3OS/c23-15-7-10-22(11-8-15)19-17(5-3-9-20-19)21-12-14-13-24-18-6-2-1-4-16(14)18/h1-6,9,13,15,21,23H,7-8,10-12H2. The van der Waals surface area contributed by atoms with Crippen molar-refractivity contribution in [1.82, 2.24) is 4.98 Å². The molecule has 4 rings (SSSR count). The number of fused-ring (bicyclic) bond motifs is 1. The first kappa shape index (κ1) is 15.4. The van der Waals surface area contributed by atoms with Crippen LogP contribution in [0.3, 0.4) is 0 Å². The highest BCUT2D eigenvalue weighted by Gasteiger charge is 2.20. The number of nitrogens with zero attached hydrogens (tertiary/aromatic N) is 2. The summed E-state index contributed by atoms with van der Waals surface area (Å²) in [4.78, 5) is 6.84. The Morgan fingerprint density at radius 2 is 2.00 bits per heavy atom. The third-order valence-electron chi connectivity index (χ3n) is 4.58. The van der Waals surface area contributed by atoms with E-state index in [9.17, 15) is 5.11 Å². The monoisotopic (exact) mass is 339 g/mol. The van der Waals surface area contributed by atoms with Crippen molar-refractivity contribution in [3.63, 3.8) is 0 Å². The van der Waals surface area contributed by atoms with E-state index in [1.165, 1.54) is 15.6 Å². The minimum atomic E-state index is -0.168. The Labute approximate surface area is 145 Å². The van der Waals surface area contributed by atoms with Gasteiger partial charge in [-0.15, -0.1) is 11.3 Å². The molecule has 1 aliphatic heterocycles. The molecule has 0 spiro atoms. The molecule has 3 aromatic rings. The number of aromatic nitrogens is 1. The number of aliphatic hydroxyl groups excluding tert-OH is 1. The van der Waals surface area contributed by atoms with Gasteiger partial charge in [-0.05, 0) is 47.4 Å². The number of nitrogens with one attached hydrogen (secondary N) is 1. The molecule has 4 nitrogen and oxygen atoms in total. The second-order valence-corrected chi connectivity index (χ2v) is 7.11. The summed E-state index contributed by atoms with van der Waals surface area (Å²) in [5.41, 5.74) is 2.38. The first-order chi connectivity index (χ1) is 11.8. The van der Waals surface area contributed by atoms with Crippen LogP contribution in [-0.4, -0.2) is 29.3 Å². The zero-order valence-corrected chi connectivity index (χ0v) is 14.3. The quantitative estimate of drug-likeness (QED) is 0.757. The Morgan fingerprint density at radius 3 is 2.88 bits per heavy atom. The highest BCUT2D eigenvalue weighted by Crippen LogP contribution is 2.29. The molecule has 124 valence electrons. The normalized spacial score (nSPS) is 15.8. The van der Waals surface area contributed by atoms with Gasteiger partial charge in [-0.2, -0.15) is 0 Å². The van der Waals surface area contributed by atoms with Gasteiger partial charge >= 0.3 is 0 Å². The molecule has 0 atom stereocenters. The van der Waals surface area contributed by atoms with Crippen LogP contribution in [0.15, 0.2) is 48.0 Å².